The number of hydrogen-bond donors (Lipinski definition) is 0. The smallest absolute Gasteiger partial charge is 0.0991 e. The molecule has 0 saturated carbocycles. The number of hydrogen-bond acceptors (Lipinski definition) is 1. The Morgan fingerprint density at radius 3 is 2.76 bits per heavy atom. The summed E-state index contributed by atoms with van der Waals surface area (Å²) in [5.41, 5.74) is 4.57. The Balaban J connectivity index is 2.37. The molecule has 17 heavy (non-hydrogen) atoms. The van der Waals surface area contributed by atoms with E-state index in [4.69, 9.17) is 5.26 Å². The van der Waals surface area contributed by atoms with E-state index in [1.54, 1.807) is 0 Å². The van der Waals surface area contributed by atoms with E-state index < -0.39 is 0 Å². The minimum atomic E-state index is 0.261. The van der Waals surface area contributed by atoms with Crippen LogP contribution in [0.25, 0.3) is 0 Å². The van der Waals surface area contributed by atoms with Crippen molar-refractivity contribution in [3.8, 4) is 6.07 Å². The van der Waals surface area contributed by atoms with Gasteiger partial charge in [-0.2, -0.15) is 5.26 Å². The van der Waals surface area contributed by atoms with Gasteiger partial charge < -0.3 is 0 Å². The van der Waals surface area contributed by atoms with Crippen molar-refractivity contribution in [3.63, 3.8) is 0 Å². The first-order valence-corrected chi connectivity index (χ1v) is 5.74. The molecule has 1 aromatic rings. The Morgan fingerprint density at radius 1 is 1.18 bits per heavy atom. The van der Waals surface area contributed by atoms with Crippen molar-refractivity contribution in [3.05, 3.63) is 70.8 Å². The lowest BCUT2D eigenvalue weighted by molar-refractivity contribution is 1.05. The molecule has 0 amide bonds. The lowest BCUT2D eigenvalue weighted by atomic mass is 9.93. The zero-order valence-corrected chi connectivity index (χ0v) is 10.1. The first kappa shape index (κ1) is 11.4. The molecule has 1 atom stereocenters. The van der Waals surface area contributed by atoms with Gasteiger partial charge in [0.1, 0.15) is 0 Å². The van der Waals surface area contributed by atoms with Crippen LogP contribution in [0, 0.1) is 25.2 Å². The number of benzene rings is 1. The molecule has 1 aliphatic carbocycles. The highest BCUT2D eigenvalue weighted by atomic mass is 14.2. The zero-order chi connectivity index (χ0) is 12.3. The third kappa shape index (κ3) is 2.54. The maximum atomic E-state index is 8.87. The van der Waals surface area contributed by atoms with Gasteiger partial charge in [-0.3, -0.25) is 0 Å². The summed E-state index contributed by atoms with van der Waals surface area (Å²) in [6, 6.07) is 8.65. The predicted molar refractivity (Wildman–Crippen MR) is 70.6 cm³/mol. The molecule has 0 aromatic heterocycles. The van der Waals surface area contributed by atoms with E-state index in [0.717, 1.165) is 0 Å². The lowest BCUT2D eigenvalue weighted by Crippen LogP contribution is -1.95. The molecule has 2 rings (SSSR count). The molecule has 1 aliphatic rings. The van der Waals surface area contributed by atoms with Crippen molar-refractivity contribution in [2.24, 2.45) is 0 Å². The molecule has 0 heterocycles. The zero-order valence-electron chi connectivity index (χ0n) is 10.1. The molecule has 0 saturated heterocycles. The van der Waals surface area contributed by atoms with Crippen LogP contribution in [0.5, 0.6) is 0 Å². The molecule has 1 aromatic carbocycles. The van der Waals surface area contributed by atoms with Crippen LogP contribution in [0.1, 0.15) is 22.6 Å². The molecule has 1 unspecified atom stereocenters. The van der Waals surface area contributed by atoms with Crippen molar-refractivity contribution in [2.45, 2.75) is 19.8 Å². The molecule has 1 nitrogen and oxygen atoms in total. The summed E-state index contributed by atoms with van der Waals surface area (Å²) >= 11 is 0. The van der Waals surface area contributed by atoms with Gasteiger partial charge >= 0.3 is 0 Å². The summed E-state index contributed by atoms with van der Waals surface area (Å²) in [7, 11) is 0. The van der Waals surface area contributed by atoms with Crippen molar-refractivity contribution < 1.29 is 0 Å². The Morgan fingerprint density at radius 2 is 2.00 bits per heavy atom. The summed E-state index contributed by atoms with van der Waals surface area (Å²) in [6.45, 7) is 4.23. The third-order valence-corrected chi connectivity index (χ3v) is 3.00. The van der Waals surface area contributed by atoms with Gasteiger partial charge in [0, 0.05) is 5.92 Å². The first-order valence-electron chi connectivity index (χ1n) is 5.74. The fraction of sp³-hybridized carbons (Fsp3) is 0.188. The Kier molecular flexibility index (Phi) is 3.25. The van der Waals surface area contributed by atoms with Gasteiger partial charge in [0.05, 0.1) is 11.6 Å². The van der Waals surface area contributed by atoms with E-state index in [0.29, 0.717) is 5.57 Å². The van der Waals surface area contributed by atoms with Gasteiger partial charge in [-0.25, -0.2) is 0 Å². The third-order valence-electron chi connectivity index (χ3n) is 3.00. The SMILES string of the molecule is Cc1ccc(C)c(C2C=CC=C(C#N)C=C2)c1. The van der Waals surface area contributed by atoms with Crippen LogP contribution in [0.3, 0.4) is 0 Å². The molecule has 1 heteroatoms. The Bertz CT molecular complexity index is 553. The van der Waals surface area contributed by atoms with Crippen LogP contribution in [0.15, 0.2) is 54.2 Å². The summed E-state index contributed by atoms with van der Waals surface area (Å²) in [5, 5.41) is 8.87. The van der Waals surface area contributed by atoms with Crippen LogP contribution < -0.4 is 0 Å². The van der Waals surface area contributed by atoms with Crippen LogP contribution in [0.2, 0.25) is 0 Å². The first-order chi connectivity index (χ1) is 8.20. The van der Waals surface area contributed by atoms with Crippen LogP contribution >= 0.6 is 0 Å². The highest BCUT2D eigenvalue weighted by Gasteiger charge is 2.09. The maximum absolute atomic E-state index is 8.87. The second kappa shape index (κ2) is 4.84. The maximum Gasteiger partial charge on any atom is 0.0991 e. The predicted octanol–water partition coefficient (Wildman–Crippen LogP) is 3.96. The van der Waals surface area contributed by atoms with Crippen molar-refractivity contribution in [1.82, 2.24) is 0 Å². The molecule has 0 fully saturated rings. The van der Waals surface area contributed by atoms with E-state index in [2.05, 4.69) is 50.3 Å². The van der Waals surface area contributed by atoms with Crippen LogP contribution in [-0.4, -0.2) is 0 Å². The molecule has 0 aliphatic heterocycles. The second-order valence-electron chi connectivity index (χ2n) is 4.36. The molecular weight excluding hydrogens is 206 g/mol. The fourth-order valence-corrected chi connectivity index (χ4v) is 2.01. The summed E-state index contributed by atoms with van der Waals surface area (Å²) in [6.07, 6.45) is 9.92. The van der Waals surface area contributed by atoms with Crippen molar-refractivity contribution in [1.29, 1.82) is 5.26 Å². The topological polar surface area (TPSA) is 23.8 Å². The highest BCUT2D eigenvalue weighted by molar-refractivity contribution is 5.45. The number of rotatable bonds is 1. The molecule has 0 bridgehead atoms. The van der Waals surface area contributed by atoms with Crippen molar-refractivity contribution >= 4 is 0 Å². The molecular formula is C16H15N. The number of nitrogens with zero attached hydrogens (tertiary/aromatic N) is 1. The standard InChI is InChI=1S/C16H15N/c1-12-6-7-13(2)16(10-12)15-5-3-4-14(11-17)8-9-15/h3-10,15H,1-2H3. The largest absolute Gasteiger partial charge is 0.192 e. The van der Waals surface area contributed by atoms with Gasteiger partial charge in [0.25, 0.3) is 0 Å². The summed E-state index contributed by atoms with van der Waals surface area (Å²) in [5.74, 6) is 0.261. The minimum absolute atomic E-state index is 0.261. The molecule has 0 spiro atoms. The highest BCUT2D eigenvalue weighted by Crippen LogP contribution is 2.25. The van der Waals surface area contributed by atoms with Gasteiger partial charge in [-0.15, -0.1) is 0 Å². The average molecular weight is 221 g/mol. The summed E-state index contributed by atoms with van der Waals surface area (Å²) < 4.78 is 0. The normalized spacial score (nSPS) is 18.4. The van der Waals surface area contributed by atoms with Crippen LogP contribution in [0.4, 0.5) is 0 Å². The van der Waals surface area contributed by atoms with Gasteiger partial charge in [-0.1, -0.05) is 42.0 Å². The summed E-state index contributed by atoms with van der Waals surface area (Å²) in [4.78, 5) is 0. The lowest BCUT2D eigenvalue weighted by Gasteiger charge is -2.12. The minimum Gasteiger partial charge on any atom is -0.192 e. The van der Waals surface area contributed by atoms with Gasteiger partial charge in [0.2, 0.25) is 0 Å². The molecule has 84 valence electrons. The van der Waals surface area contributed by atoms with Crippen molar-refractivity contribution in [2.75, 3.05) is 0 Å². The number of nitriles is 1. The Labute approximate surface area is 102 Å². The number of allylic oxidation sites excluding steroid dienone is 6. The fourth-order valence-electron chi connectivity index (χ4n) is 2.01. The molecule has 0 N–H and O–H groups in total. The van der Waals surface area contributed by atoms with E-state index in [-0.39, 0.29) is 5.92 Å². The van der Waals surface area contributed by atoms with E-state index in [1.165, 1.54) is 16.7 Å². The Hall–Kier alpha value is -2.07. The van der Waals surface area contributed by atoms with Gasteiger partial charge in [-0.05, 0) is 37.1 Å². The van der Waals surface area contributed by atoms with Gasteiger partial charge in [0.15, 0.2) is 0 Å². The molecule has 0 radical (unpaired) electrons. The quantitative estimate of drug-likeness (QED) is 0.704. The van der Waals surface area contributed by atoms with E-state index >= 15 is 0 Å². The average Bonchev–Trinajstić information content (AvgIpc) is 2.57. The van der Waals surface area contributed by atoms with E-state index in [9.17, 15) is 0 Å². The van der Waals surface area contributed by atoms with Crippen LogP contribution in [-0.2, 0) is 0 Å². The monoisotopic (exact) mass is 221 g/mol. The number of aryl methyl sites for hydroxylation is 2. The second-order valence-corrected chi connectivity index (χ2v) is 4.36. The van der Waals surface area contributed by atoms with E-state index in [1.807, 2.05) is 18.2 Å².